The molecule has 0 aliphatic carbocycles. The number of fused-ring (bicyclic) bond motifs is 1. The highest BCUT2D eigenvalue weighted by Crippen LogP contribution is 2.27. The largest absolute Gasteiger partial charge is 0.497 e. The molecule has 0 atom stereocenters. The van der Waals surface area contributed by atoms with Crippen molar-refractivity contribution in [3.8, 4) is 22.9 Å². The van der Waals surface area contributed by atoms with Gasteiger partial charge in [-0.3, -0.25) is 0 Å². The molecule has 148 valence electrons. The summed E-state index contributed by atoms with van der Waals surface area (Å²) < 4.78 is 13.5. The molecule has 0 fully saturated rings. The summed E-state index contributed by atoms with van der Waals surface area (Å²) in [6.45, 7) is 5.73. The first-order valence-electron chi connectivity index (χ1n) is 9.95. The van der Waals surface area contributed by atoms with Crippen molar-refractivity contribution >= 4 is 11.0 Å². The van der Waals surface area contributed by atoms with Gasteiger partial charge in [-0.05, 0) is 79.9 Å². The third kappa shape index (κ3) is 4.11. The van der Waals surface area contributed by atoms with Crippen LogP contribution in [0.15, 0.2) is 66.7 Å². The van der Waals surface area contributed by atoms with Crippen molar-refractivity contribution in [1.82, 2.24) is 9.55 Å². The molecule has 0 aliphatic heterocycles. The molecule has 4 heteroatoms. The highest BCUT2D eigenvalue weighted by atomic mass is 16.5. The molecule has 4 aromatic rings. The topological polar surface area (TPSA) is 36.3 Å². The minimum Gasteiger partial charge on any atom is -0.497 e. The number of aromatic nitrogens is 2. The summed E-state index contributed by atoms with van der Waals surface area (Å²) in [7, 11) is 1.68. The van der Waals surface area contributed by atoms with Crippen LogP contribution in [0.3, 0.4) is 0 Å². The van der Waals surface area contributed by atoms with E-state index in [0.717, 1.165) is 46.9 Å². The monoisotopic (exact) mass is 386 g/mol. The van der Waals surface area contributed by atoms with Crippen LogP contribution in [-0.2, 0) is 6.54 Å². The smallest absolute Gasteiger partial charge is 0.141 e. The van der Waals surface area contributed by atoms with E-state index in [9.17, 15) is 0 Å². The Labute approximate surface area is 171 Å². The van der Waals surface area contributed by atoms with Crippen molar-refractivity contribution in [2.24, 2.45) is 0 Å². The van der Waals surface area contributed by atoms with Crippen molar-refractivity contribution in [2.75, 3.05) is 13.7 Å². The van der Waals surface area contributed by atoms with E-state index < -0.39 is 0 Å². The summed E-state index contributed by atoms with van der Waals surface area (Å²) in [4.78, 5) is 4.88. The van der Waals surface area contributed by atoms with E-state index in [4.69, 9.17) is 14.5 Å². The van der Waals surface area contributed by atoms with Crippen molar-refractivity contribution < 1.29 is 9.47 Å². The number of rotatable bonds is 7. The second-order valence-corrected chi connectivity index (χ2v) is 7.25. The highest BCUT2D eigenvalue weighted by molar-refractivity contribution is 5.80. The van der Waals surface area contributed by atoms with Crippen LogP contribution < -0.4 is 9.47 Å². The number of methoxy groups -OCH3 is 1. The number of hydrogen-bond acceptors (Lipinski definition) is 3. The maximum atomic E-state index is 5.98. The molecule has 0 bridgehead atoms. The number of imidazole rings is 1. The highest BCUT2D eigenvalue weighted by Gasteiger charge is 2.12. The van der Waals surface area contributed by atoms with Gasteiger partial charge in [0.05, 0.1) is 24.8 Å². The van der Waals surface area contributed by atoms with Gasteiger partial charge in [0.25, 0.3) is 0 Å². The molecule has 1 heterocycles. The number of hydrogen-bond donors (Lipinski definition) is 0. The Hall–Kier alpha value is -3.27. The lowest BCUT2D eigenvalue weighted by molar-refractivity contribution is 0.302. The second kappa shape index (κ2) is 8.39. The quantitative estimate of drug-likeness (QED) is 0.377. The molecule has 1 aromatic heterocycles. The summed E-state index contributed by atoms with van der Waals surface area (Å²) in [5, 5.41) is 0. The molecule has 4 nitrogen and oxygen atoms in total. The standard InChI is InChI=1S/C25H26N2O2/c1-18-9-12-22(17-19(18)2)29-16-6-15-27-24-8-5-4-7-23(24)26-25(27)20-10-13-21(28-3)14-11-20/h4-5,7-14,17H,6,15-16H2,1-3H3. The van der Waals surface area contributed by atoms with Gasteiger partial charge >= 0.3 is 0 Å². The fourth-order valence-electron chi connectivity index (χ4n) is 3.48. The van der Waals surface area contributed by atoms with Gasteiger partial charge in [0.1, 0.15) is 17.3 Å². The number of ether oxygens (including phenoxy) is 2. The Bertz CT molecular complexity index is 1110. The predicted molar refractivity (Wildman–Crippen MR) is 118 cm³/mol. The van der Waals surface area contributed by atoms with E-state index in [0.29, 0.717) is 6.61 Å². The Morgan fingerprint density at radius 3 is 2.38 bits per heavy atom. The van der Waals surface area contributed by atoms with Crippen LogP contribution in [0.1, 0.15) is 17.5 Å². The van der Waals surface area contributed by atoms with Gasteiger partial charge in [-0.1, -0.05) is 18.2 Å². The lowest BCUT2D eigenvalue weighted by Gasteiger charge is -2.12. The zero-order valence-corrected chi connectivity index (χ0v) is 17.2. The zero-order chi connectivity index (χ0) is 20.2. The maximum Gasteiger partial charge on any atom is 0.141 e. The summed E-state index contributed by atoms with van der Waals surface area (Å²) in [6.07, 6.45) is 0.899. The van der Waals surface area contributed by atoms with Gasteiger partial charge in [0.15, 0.2) is 0 Å². The molecule has 0 saturated carbocycles. The zero-order valence-electron chi connectivity index (χ0n) is 17.2. The van der Waals surface area contributed by atoms with E-state index in [1.165, 1.54) is 11.1 Å². The van der Waals surface area contributed by atoms with Crippen LogP contribution in [-0.4, -0.2) is 23.3 Å². The van der Waals surface area contributed by atoms with Gasteiger partial charge in [-0.2, -0.15) is 0 Å². The summed E-state index contributed by atoms with van der Waals surface area (Å²) in [6, 6.07) is 22.6. The van der Waals surface area contributed by atoms with Crippen molar-refractivity contribution in [3.63, 3.8) is 0 Å². The fourth-order valence-corrected chi connectivity index (χ4v) is 3.48. The van der Waals surface area contributed by atoms with Gasteiger partial charge in [0, 0.05) is 12.1 Å². The van der Waals surface area contributed by atoms with Crippen LogP contribution in [0.2, 0.25) is 0 Å². The minimum absolute atomic E-state index is 0.664. The van der Waals surface area contributed by atoms with E-state index >= 15 is 0 Å². The van der Waals surface area contributed by atoms with Crippen LogP contribution in [0.25, 0.3) is 22.4 Å². The summed E-state index contributed by atoms with van der Waals surface area (Å²) in [5.41, 5.74) is 5.77. The molecular formula is C25H26N2O2. The number of benzene rings is 3. The predicted octanol–water partition coefficient (Wildman–Crippen LogP) is 5.80. The molecule has 0 spiro atoms. The molecule has 4 rings (SSSR count). The van der Waals surface area contributed by atoms with Crippen molar-refractivity contribution in [1.29, 1.82) is 0 Å². The van der Waals surface area contributed by atoms with Crippen LogP contribution in [0.4, 0.5) is 0 Å². The molecule has 0 aliphatic rings. The normalized spacial score (nSPS) is 11.0. The minimum atomic E-state index is 0.664. The Kier molecular flexibility index (Phi) is 5.52. The van der Waals surface area contributed by atoms with E-state index in [1.54, 1.807) is 7.11 Å². The van der Waals surface area contributed by atoms with E-state index in [2.05, 4.69) is 60.9 Å². The average molecular weight is 386 g/mol. The fraction of sp³-hybridized carbons (Fsp3) is 0.240. The summed E-state index contributed by atoms with van der Waals surface area (Å²) in [5.74, 6) is 2.75. The number of aryl methyl sites for hydroxylation is 3. The lowest BCUT2D eigenvalue weighted by Crippen LogP contribution is -2.06. The molecule has 0 saturated heterocycles. The molecule has 0 unspecified atom stereocenters. The first-order chi connectivity index (χ1) is 14.2. The molecule has 0 amide bonds. The van der Waals surface area contributed by atoms with Crippen LogP contribution >= 0.6 is 0 Å². The molecule has 0 N–H and O–H groups in total. The summed E-state index contributed by atoms with van der Waals surface area (Å²) >= 11 is 0. The molecule has 3 aromatic carbocycles. The Balaban J connectivity index is 1.53. The van der Waals surface area contributed by atoms with Gasteiger partial charge < -0.3 is 14.0 Å². The third-order valence-electron chi connectivity index (χ3n) is 5.28. The molecule has 29 heavy (non-hydrogen) atoms. The van der Waals surface area contributed by atoms with E-state index in [-0.39, 0.29) is 0 Å². The van der Waals surface area contributed by atoms with Crippen LogP contribution in [0, 0.1) is 13.8 Å². The average Bonchev–Trinajstić information content (AvgIpc) is 3.12. The third-order valence-corrected chi connectivity index (χ3v) is 5.28. The van der Waals surface area contributed by atoms with Crippen molar-refractivity contribution in [2.45, 2.75) is 26.8 Å². The van der Waals surface area contributed by atoms with Gasteiger partial charge in [-0.15, -0.1) is 0 Å². The lowest BCUT2D eigenvalue weighted by atomic mass is 10.1. The second-order valence-electron chi connectivity index (χ2n) is 7.25. The van der Waals surface area contributed by atoms with Gasteiger partial charge in [0.2, 0.25) is 0 Å². The van der Waals surface area contributed by atoms with Crippen LogP contribution in [0.5, 0.6) is 11.5 Å². The first-order valence-corrected chi connectivity index (χ1v) is 9.95. The Morgan fingerprint density at radius 2 is 1.62 bits per heavy atom. The van der Waals surface area contributed by atoms with Crippen molar-refractivity contribution in [3.05, 3.63) is 77.9 Å². The Morgan fingerprint density at radius 1 is 0.862 bits per heavy atom. The van der Waals surface area contributed by atoms with Gasteiger partial charge in [-0.25, -0.2) is 4.98 Å². The maximum absolute atomic E-state index is 5.98. The number of para-hydroxylation sites is 2. The SMILES string of the molecule is COc1ccc(-c2nc3ccccc3n2CCCOc2ccc(C)c(C)c2)cc1. The van der Waals surface area contributed by atoms with E-state index in [1.807, 2.05) is 24.3 Å². The molecule has 0 radical (unpaired) electrons. The first kappa shape index (κ1) is 19.1. The molecular weight excluding hydrogens is 360 g/mol. The number of nitrogens with zero attached hydrogens (tertiary/aromatic N) is 2.